The quantitative estimate of drug-likeness (QED) is 0.553. The smallest absolute Gasteiger partial charge is 0.239 e. The Kier molecular flexibility index (Phi) is 7.42. The fraction of sp³-hybridized carbons (Fsp3) is 0.500. The molecule has 0 aliphatic carbocycles. The standard InChI is InChI=1S/C24H31FN4O4/c1-28-18(6-9-22(31)26-12-16-2-4-17(25)5-3-16)13-27-24(32)23-21(28)10-11-29(23)14-19-7-8-20(15-30)33-19/h2-5,7-8,18,21,23,30H,6,9-15H2,1H3,(H,26,31)(H,27,32)/t18-,21+,23-/m0/s1. The zero-order valence-corrected chi connectivity index (χ0v) is 18.8. The lowest BCUT2D eigenvalue weighted by atomic mass is 10.0. The lowest BCUT2D eigenvalue weighted by molar-refractivity contribution is -0.126. The molecule has 2 aromatic rings. The van der Waals surface area contributed by atoms with E-state index in [1.807, 2.05) is 13.1 Å². The molecule has 33 heavy (non-hydrogen) atoms. The Morgan fingerprint density at radius 2 is 2.00 bits per heavy atom. The molecule has 2 fully saturated rings. The van der Waals surface area contributed by atoms with Crippen LogP contribution in [0.4, 0.5) is 4.39 Å². The highest BCUT2D eigenvalue weighted by Crippen LogP contribution is 2.29. The van der Waals surface area contributed by atoms with Crippen molar-refractivity contribution in [3.05, 3.63) is 59.3 Å². The second-order valence-corrected chi connectivity index (χ2v) is 8.80. The van der Waals surface area contributed by atoms with Crippen LogP contribution in [0, 0.1) is 5.82 Å². The van der Waals surface area contributed by atoms with Crippen molar-refractivity contribution in [2.24, 2.45) is 0 Å². The molecule has 178 valence electrons. The first-order valence-corrected chi connectivity index (χ1v) is 11.4. The van der Waals surface area contributed by atoms with E-state index in [0.29, 0.717) is 38.2 Å². The van der Waals surface area contributed by atoms with Crippen molar-refractivity contribution in [1.29, 1.82) is 0 Å². The minimum Gasteiger partial charge on any atom is -0.462 e. The van der Waals surface area contributed by atoms with E-state index in [9.17, 15) is 19.1 Å². The monoisotopic (exact) mass is 458 g/mol. The Hall–Kier alpha value is -2.75. The van der Waals surface area contributed by atoms with Gasteiger partial charge in [0, 0.05) is 38.1 Å². The van der Waals surface area contributed by atoms with Gasteiger partial charge in [0.15, 0.2) is 0 Å². The van der Waals surface area contributed by atoms with Crippen LogP contribution in [0.25, 0.3) is 0 Å². The second-order valence-electron chi connectivity index (χ2n) is 8.80. The summed E-state index contributed by atoms with van der Waals surface area (Å²) in [5.41, 5.74) is 0.847. The molecule has 4 rings (SSSR count). The molecule has 3 N–H and O–H groups in total. The number of nitrogens with one attached hydrogen (secondary N) is 2. The summed E-state index contributed by atoms with van der Waals surface area (Å²) in [5, 5.41) is 15.1. The number of amides is 2. The largest absolute Gasteiger partial charge is 0.462 e. The molecule has 3 heterocycles. The minimum absolute atomic E-state index is 0.00143. The number of aliphatic hydroxyl groups is 1. The number of likely N-dealkylation sites (N-methyl/N-ethyl adjacent to an activating group) is 1. The third-order valence-corrected chi connectivity index (χ3v) is 6.69. The molecular formula is C24H31FN4O4. The molecule has 2 aliphatic rings. The predicted octanol–water partition coefficient (Wildman–Crippen LogP) is 1.38. The maximum atomic E-state index is 13.0. The van der Waals surface area contributed by atoms with Crippen molar-refractivity contribution in [3.63, 3.8) is 0 Å². The highest BCUT2D eigenvalue weighted by atomic mass is 19.1. The van der Waals surface area contributed by atoms with Gasteiger partial charge in [0.05, 0.1) is 6.54 Å². The zero-order valence-electron chi connectivity index (χ0n) is 18.8. The number of fused-ring (bicyclic) bond motifs is 1. The van der Waals surface area contributed by atoms with E-state index in [0.717, 1.165) is 24.3 Å². The Bertz CT molecular complexity index is 964. The number of nitrogens with zero attached hydrogens (tertiary/aromatic N) is 2. The molecular weight excluding hydrogens is 427 g/mol. The van der Waals surface area contributed by atoms with Crippen molar-refractivity contribution in [1.82, 2.24) is 20.4 Å². The van der Waals surface area contributed by atoms with Gasteiger partial charge >= 0.3 is 0 Å². The first-order chi connectivity index (χ1) is 15.9. The summed E-state index contributed by atoms with van der Waals surface area (Å²) in [5.74, 6) is 0.882. The molecule has 3 atom stereocenters. The summed E-state index contributed by atoms with van der Waals surface area (Å²) >= 11 is 0. The van der Waals surface area contributed by atoms with Gasteiger partial charge in [0.1, 0.15) is 30.0 Å². The van der Waals surface area contributed by atoms with Gasteiger partial charge in [0.25, 0.3) is 0 Å². The molecule has 0 bridgehead atoms. The average Bonchev–Trinajstić information content (AvgIpc) is 3.42. The first-order valence-electron chi connectivity index (χ1n) is 11.4. The normalized spacial score (nSPS) is 23.7. The van der Waals surface area contributed by atoms with E-state index in [1.165, 1.54) is 12.1 Å². The number of carbonyl (C=O) groups is 2. The van der Waals surface area contributed by atoms with Gasteiger partial charge in [-0.15, -0.1) is 0 Å². The van der Waals surface area contributed by atoms with E-state index >= 15 is 0 Å². The van der Waals surface area contributed by atoms with E-state index in [4.69, 9.17) is 4.42 Å². The molecule has 9 heteroatoms. The summed E-state index contributed by atoms with van der Waals surface area (Å²) in [6.45, 7) is 2.00. The van der Waals surface area contributed by atoms with Crippen molar-refractivity contribution < 1.29 is 23.5 Å². The van der Waals surface area contributed by atoms with E-state index < -0.39 is 0 Å². The van der Waals surface area contributed by atoms with Crippen molar-refractivity contribution in [3.8, 4) is 0 Å². The van der Waals surface area contributed by atoms with E-state index in [1.54, 1.807) is 18.2 Å². The molecule has 2 amide bonds. The van der Waals surface area contributed by atoms with Crippen LogP contribution >= 0.6 is 0 Å². The summed E-state index contributed by atoms with van der Waals surface area (Å²) in [4.78, 5) is 29.6. The topological polar surface area (TPSA) is 98.1 Å². The zero-order chi connectivity index (χ0) is 23.4. The van der Waals surface area contributed by atoms with Crippen LogP contribution in [-0.2, 0) is 29.3 Å². The number of furan rings is 1. The number of aliphatic hydroxyl groups excluding tert-OH is 1. The third-order valence-electron chi connectivity index (χ3n) is 6.69. The number of hydrogen-bond donors (Lipinski definition) is 3. The summed E-state index contributed by atoms with van der Waals surface area (Å²) in [6, 6.07) is 9.50. The molecule has 0 unspecified atom stereocenters. The minimum atomic E-state index is -0.300. The lowest BCUT2D eigenvalue weighted by Gasteiger charge is -2.33. The number of likely N-dealkylation sites (tertiary alicyclic amines) is 1. The number of benzene rings is 1. The highest BCUT2D eigenvalue weighted by molar-refractivity contribution is 5.83. The molecule has 1 aromatic carbocycles. The third kappa shape index (κ3) is 5.61. The fourth-order valence-electron chi connectivity index (χ4n) is 4.81. The molecule has 0 radical (unpaired) electrons. The lowest BCUT2D eigenvalue weighted by Crippen LogP contribution is -2.49. The van der Waals surface area contributed by atoms with Crippen LogP contribution in [0.1, 0.15) is 36.3 Å². The van der Waals surface area contributed by atoms with Crippen molar-refractivity contribution >= 4 is 11.8 Å². The summed E-state index contributed by atoms with van der Waals surface area (Å²) < 4.78 is 18.6. The van der Waals surface area contributed by atoms with Crippen molar-refractivity contribution in [2.45, 2.75) is 57.1 Å². The summed E-state index contributed by atoms with van der Waals surface area (Å²) in [7, 11) is 2.03. The van der Waals surface area contributed by atoms with Gasteiger partial charge < -0.3 is 20.2 Å². The molecule has 0 saturated carbocycles. The molecule has 2 aliphatic heterocycles. The maximum Gasteiger partial charge on any atom is 0.239 e. The van der Waals surface area contributed by atoms with Crippen LogP contribution in [0.3, 0.4) is 0 Å². The van der Waals surface area contributed by atoms with Gasteiger partial charge in [-0.05, 0) is 49.7 Å². The van der Waals surface area contributed by atoms with Crippen molar-refractivity contribution in [2.75, 3.05) is 20.1 Å². The first kappa shape index (κ1) is 23.4. The van der Waals surface area contributed by atoms with Gasteiger partial charge in [-0.1, -0.05) is 12.1 Å². The van der Waals surface area contributed by atoms with Gasteiger partial charge in [-0.3, -0.25) is 19.4 Å². The molecule has 0 spiro atoms. The second kappa shape index (κ2) is 10.5. The Balaban J connectivity index is 1.31. The SMILES string of the molecule is CN1[C@@H](CCC(=O)NCc2ccc(F)cc2)CNC(=O)[C@@H]2[C@H]1CCN2Cc1ccc(CO)o1. The highest BCUT2D eigenvalue weighted by Gasteiger charge is 2.45. The van der Waals surface area contributed by atoms with Gasteiger partial charge in [-0.2, -0.15) is 0 Å². The van der Waals surface area contributed by atoms with Gasteiger partial charge in [-0.25, -0.2) is 4.39 Å². The Morgan fingerprint density at radius 1 is 1.24 bits per heavy atom. The van der Waals surface area contributed by atoms with Crippen LogP contribution in [0.2, 0.25) is 0 Å². The maximum absolute atomic E-state index is 13.0. The predicted molar refractivity (Wildman–Crippen MR) is 119 cm³/mol. The number of hydrogen-bond acceptors (Lipinski definition) is 6. The fourth-order valence-corrected chi connectivity index (χ4v) is 4.81. The van der Waals surface area contributed by atoms with Gasteiger partial charge in [0.2, 0.25) is 11.8 Å². The number of carbonyl (C=O) groups excluding carboxylic acids is 2. The number of rotatable bonds is 8. The van der Waals surface area contributed by atoms with Crippen LogP contribution in [0.15, 0.2) is 40.8 Å². The van der Waals surface area contributed by atoms with Crippen LogP contribution in [-0.4, -0.2) is 65.0 Å². The molecule has 1 aromatic heterocycles. The molecule has 2 saturated heterocycles. The molecule has 8 nitrogen and oxygen atoms in total. The summed E-state index contributed by atoms with van der Waals surface area (Å²) in [6.07, 6.45) is 1.84. The van der Waals surface area contributed by atoms with Crippen LogP contribution in [0.5, 0.6) is 0 Å². The van der Waals surface area contributed by atoms with Crippen LogP contribution < -0.4 is 10.6 Å². The van der Waals surface area contributed by atoms with E-state index in [2.05, 4.69) is 20.4 Å². The Labute approximate surface area is 192 Å². The Morgan fingerprint density at radius 3 is 2.73 bits per heavy atom. The number of halogens is 1. The van der Waals surface area contributed by atoms with E-state index in [-0.39, 0.29) is 42.4 Å². The average molecular weight is 459 g/mol.